The number of hydrogen-bond acceptors (Lipinski definition) is 4. The van der Waals surface area contributed by atoms with E-state index < -0.39 is 10.0 Å². The van der Waals surface area contributed by atoms with Gasteiger partial charge in [-0.1, -0.05) is 32.0 Å². The third-order valence-corrected chi connectivity index (χ3v) is 6.65. The summed E-state index contributed by atoms with van der Waals surface area (Å²) in [6.07, 6.45) is 0. The summed E-state index contributed by atoms with van der Waals surface area (Å²) < 4.78 is 26.7. The fourth-order valence-electron chi connectivity index (χ4n) is 3.04. The lowest BCUT2D eigenvalue weighted by molar-refractivity contribution is 0.0938. The number of amides is 1. The summed E-state index contributed by atoms with van der Waals surface area (Å²) in [6, 6.07) is 13.4. The quantitative estimate of drug-likeness (QED) is 0.637. The Kier molecular flexibility index (Phi) is 5.81. The molecular weight excluding hydrogens is 376 g/mol. The minimum atomic E-state index is -3.62. The zero-order chi connectivity index (χ0) is 20.3. The number of carbonyl (C=O) groups excluding carboxylic acids is 1. The van der Waals surface area contributed by atoms with Gasteiger partial charge in [0.05, 0.1) is 22.0 Å². The van der Waals surface area contributed by atoms with Gasteiger partial charge in [-0.15, -0.1) is 0 Å². The van der Waals surface area contributed by atoms with Crippen LogP contribution >= 0.6 is 0 Å². The molecule has 0 bridgehead atoms. The first kappa shape index (κ1) is 20.0. The van der Waals surface area contributed by atoms with Crippen LogP contribution in [-0.4, -0.2) is 41.7 Å². The Morgan fingerprint density at radius 2 is 1.86 bits per heavy atom. The first-order chi connectivity index (χ1) is 13.4. The van der Waals surface area contributed by atoms with E-state index >= 15 is 0 Å². The first-order valence-electron chi connectivity index (χ1n) is 9.22. The predicted octanol–water partition coefficient (Wildman–Crippen LogP) is 3.08. The molecular formula is C20H24N4O3S. The number of aromatic nitrogens is 2. The Labute approximate surface area is 164 Å². The summed E-state index contributed by atoms with van der Waals surface area (Å²) in [5, 5.41) is 2.87. The number of imidazole rings is 1. The number of nitrogens with zero attached hydrogens (tertiary/aromatic N) is 2. The Bertz CT molecular complexity index is 1050. The Morgan fingerprint density at radius 1 is 1.14 bits per heavy atom. The maximum Gasteiger partial charge on any atom is 0.251 e. The van der Waals surface area contributed by atoms with Gasteiger partial charge in [0.25, 0.3) is 5.91 Å². The number of sulfonamides is 1. The number of hydrogen-bond donors (Lipinski definition) is 2. The summed E-state index contributed by atoms with van der Waals surface area (Å²) in [5.74, 6) is 0.283. The van der Waals surface area contributed by atoms with Crippen LogP contribution < -0.4 is 5.32 Å². The molecule has 8 heteroatoms. The number of fused-ring (bicyclic) bond motifs is 1. The van der Waals surface area contributed by atoms with E-state index in [0.29, 0.717) is 18.9 Å². The second kappa shape index (κ2) is 8.12. The Morgan fingerprint density at radius 3 is 2.54 bits per heavy atom. The third kappa shape index (κ3) is 3.93. The monoisotopic (exact) mass is 400 g/mol. The summed E-state index contributed by atoms with van der Waals surface area (Å²) >= 11 is 0. The number of H-pyrrole nitrogens is 1. The molecule has 148 valence electrons. The Balaban J connectivity index is 1.81. The summed E-state index contributed by atoms with van der Waals surface area (Å²) in [7, 11) is -3.62. The molecule has 2 N–H and O–H groups in total. The van der Waals surface area contributed by atoms with Crippen LogP contribution in [0.5, 0.6) is 0 Å². The molecule has 7 nitrogen and oxygen atoms in total. The van der Waals surface area contributed by atoms with Crippen molar-refractivity contribution in [2.24, 2.45) is 0 Å². The smallest absolute Gasteiger partial charge is 0.251 e. The minimum Gasteiger partial charge on any atom is -0.342 e. The van der Waals surface area contributed by atoms with Crippen LogP contribution in [0.4, 0.5) is 0 Å². The van der Waals surface area contributed by atoms with Gasteiger partial charge >= 0.3 is 0 Å². The van der Waals surface area contributed by atoms with Crippen molar-refractivity contribution >= 4 is 27.0 Å². The molecule has 0 aliphatic heterocycles. The molecule has 2 aromatic carbocycles. The van der Waals surface area contributed by atoms with Crippen molar-refractivity contribution in [1.82, 2.24) is 19.6 Å². The molecule has 0 aliphatic rings. The van der Waals surface area contributed by atoms with Gasteiger partial charge in [0.15, 0.2) is 0 Å². The van der Waals surface area contributed by atoms with Crippen molar-refractivity contribution < 1.29 is 13.2 Å². The van der Waals surface area contributed by atoms with Crippen LogP contribution in [0.2, 0.25) is 0 Å². The lowest BCUT2D eigenvalue weighted by Crippen LogP contribution is -2.31. The molecule has 3 rings (SSSR count). The van der Waals surface area contributed by atoms with Crippen LogP contribution in [0, 0.1) is 0 Å². The van der Waals surface area contributed by atoms with Gasteiger partial charge in [-0.3, -0.25) is 4.79 Å². The molecule has 3 aromatic rings. The highest BCUT2D eigenvalue weighted by molar-refractivity contribution is 7.89. The zero-order valence-corrected chi connectivity index (χ0v) is 17.0. The van der Waals surface area contributed by atoms with E-state index in [1.54, 1.807) is 26.0 Å². The molecule has 1 amide bonds. The number of aromatic amines is 1. The van der Waals surface area contributed by atoms with E-state index in [0.717, 1.165) is 11.0 Å². The fraction of sp³-hybridized carbons (Fsp3) is 0.300. The molecule has 1 heterocycles. The van der Waals surface area contributed by atoms with Crippen molar-refractivity contribution in [1.29, 1.82) is 0 Å². The molecule has 0 unspecified atom stereocenters. The van der Waals surface area contributed by atoms with E-state index in [9.17, 15) is 13.2 Å². The molecule has 1 aromatic heterocycles. The number of nitrogens with one attached hydrogen (secondary N) is 2. The molecule has 0 saturated carbocycles. The van der Waals surface area contributed by atoms with Crippen LogP contribution in [0.1, 0.15) is 43.0 Å². The van der Waals surface area contributed by atoms with Crippen molar-refractivity contribution in [3.8, 4) is 0 Å². The highest BCUT2D eigenvalue weighted by atomic mass is 32.2. The van der Waals surface area contributed by atoms with E-state index in [4.69, 9.17) is 0 Å². The molecule has 0 spiro atoms. The number of benzene rings is 2. The van der Waals surface area contributed by atoms with Crippen molar-refractivity contribution in [3.05, 3.63) is 59.9 Å². The molecule has 1 atom stereocenters. The molecule has 0 radical (unpaired) electrons. The SMILES string of the molecule is CCN(CC)S(=O)(=O)c1cccc(C(=O)N[C@H](C)c2nc3ccccc3[nH]2)c1. The van der Waals surface area contributed by atoms with Gasteiger partial charge in [0, 0.05) is 18.7 Å². The lowest BCUT2D eigenvalue weighted by atomic mass is 10.2. The number of para-hydroxylation sites is 2. The van der Waals surface area contributed by atoms with Gasteiger partial charge in [0.2, 0.25) is 10.0 Å². The van der Waals surface area contributed by atoms with Crippen molar-refractivity contribution in [3.63, 3.8) is 0 Å². The summed E-state index contributed by atoms with van der Waals surface area (Å²) in [4.78, 5) is 20.5. The van der Waals surface area contributed by atoms with Gasteiger partial charge in [-0.05, 0) is 37.3 Å². The van der Waals surface area contributed by atoms with Crippen LogP contribution in [0.25, 0.3) is 11.0 Å². The van der Waals surface area contributed by atoms with Crippen LogP contribution in [0.15, 0.2) is 53.4 Å². The standard InChI is InChI=1S/C20H24N4O3S/c1-4-24(5-2)28(26,27)16-10-8-9-15(13-16)20(25)21-14(3)19-22-17-11-6-7-12-18(17)23-19/h6-14H,4-5H2,1-3H3,(H,21,25)(H,22,23)/t14-/m1/s1. The number of carbonyl (C=O) groups is 1. The van der Waals surface area contributed by atoms with E-state index in [-0.39, 0.29) is 22.4 Å². The number of rotatable bonds is 7. The second-order valence-corrected chi connectivity index (χ2v) is 8.39. The van der Waals surface area contributed by atoms with Crippen LogP contribution in [-0.2, 0) is 10.0 Å². The van der Waals surface area contributed by atoms with E-state index in [1.807, 2.05) is 31.2 Å². The topological polar surface area (TPSA) is 95.2 Å². The average molecular weight is 401 g/mol. The van der Waals surface area contributed by atoms with Gasteiger partial charge in [-0.25, -0.2) is 13.4 Å². The largest absolute Gasteiger partial charge is 0.342 e. The minimum absolute atomic E-state index is 0.111. The van der Waals surface area contributed by atoms with Gasteiger partial charge in [-0.2, -0.15) is 4.31 Å². The summed E-state index contributed by atoms with van der Waals surface area (Å²) in [6.45, 7) is 6.14. The van der Waals surface area contributed by atoms with Crippen molar-refractivity contribution in [2.45, 2.75) is 31.7 Å². The fourth-order valence-corrected chi connectivity index (χ4v) is 4.54. The molecule has 0 aliphatic carbocycles. The molecule has 28 heavy (non-hydrogen) atoms. The normalized spacial score (nSPS) is 13.0. The second-order valence-electron chi connectivity index (χ2n) is 6.45. The Hall–Kier alpha value is -2.71. The lowest BCUT2D eigenvalue weighted by Gasteiger charge is -2.19. The maximum atomic E-state index is 12.7. The predicted molar refractivity (Wildman–Crippen MR) is 109 cm³/mol. The van der Waals surface area contributed by atoms with E-state index in [1.165, 1.54) is 16.4 Å². The third-order valence-electron chi connectivity index (χ3n) is 4.60. The van der Waals surface area contributed by atoms with E-state index in [2.05, 4.69) is 15.3 Å². The van der Waals surface area contributed by atoms with Crippen LogP contribution in [0.3, 0.4) is 0 Å². The van der Waals surface area contributed by atoms with Crippen molar-refractivity contribution in [2.75, 3.05) is 13.1 Å². The summed E-state index contributed by atoms with van der Waals surface area (Å²) in [5.41, 5.74) is 2.01. The van der Waals surface area contributed by atoms with Gasteiger partial charge in [0.1, 0.15) is 5.82 Å². The molecule has 0 saturated heterocycles. The molecule has 0 fully saturated rings. The zero-order valence-electron chi connectivity index (χ0n) is 16.1. The highest BCUT2D eigenvalue weighted by Crippen LogP contribution is 2.19. The highest BCUT2D eigenvalue weighted by Gasteiger charge is 2.23. The average Bonchev–Trinajstić information content (AvgIpc) is 3.13. The van der Waals surface area contributed by atoms with Gasteiger partial charge < -0.3 is 10.3 Å². The first-order valence-corrected chi connectivity index (χ1v) is 10.7. The maximum absolute atomic E-state index is 12.7.